The van der Waals surface area contributed by atoms with Crippen LogP contribution in [0.3, 0.4) is 0 Å². The molecule has 23 heavy (non-hydrogen) atoms. The van der Waals surface area contributed by atoms with E-state index >= 15 is 0 Å². The van der Waals surface area contributed by atoms with Gasteiger partial charge in [0.2, 0.25) is 6.19 Å². The van der Waals surface area contributed by atoms with Crippen molar-refractivity contribution in [2.75, 3.05) is 6.26 Å². The molecule has 0 bridgehead atoms. The second-order valence-electron chi connectivity index (χ2n) is 4.52. The highest BCUT2D eigenvalue weighted by atomic mass is 32.2. The van der Waals surface area contributed by atoms with Crippen molar-refractivity contribution in [2.45, 2.75) is 4.21 Å². The van der Waals surface area contributed by atoms with E-state index in [1.807, 2.05) is 42.7 Å². The van der Waals surface area contributed by atoms with Crippen LogP contribution in [0.15, 0.2) is 51.0 Å². The number of amidine groups is 1. The molecule has 0 aliphatic heterocycles. The monoisotopic (exact) mass is 356 g/mol. The Bertz CT molecular complexity index is 888. The SMILES string of the molecule is CSc1sc(C(N)=NC#N)cc1-c1nc(-c2ccccc2)cs1. The Balaban J connectivity index is 2.01. The molecule has 2 heterocycles. The van der Waals surface area contributed by atoms with E-state index in [1.54, 1.807) is 29.3 Å². The molecule has 3 rings (SSSR count). The van der Waals surface area contributed by atoms with Crippen molar-refractivity contribution in [2.24, 2.45) is 10.7 Å². The molecule has 0 radical (unpaired) electrons. The number of nitrogens with two attached hydrogens (primary N) is 1. The Morgan fingerprint density at radius 2 is 2.13 bits per heavy atom. The van der Waals surface area contributed by atoms with Crippen molar-refractivity contribution < 1.29 is 0 Å². The first-order chi connectivity index (χ1) is 11.2. The van der Waals surface area contributed by atoms with E-state index in [0.717, 1.165) is 30.9 Å². The van der Waals surface area contributed by atoms with Gasteiger partial charge in [-0.25, -0.2) is 4.98 Å². The Labute approximate surface area is 146 Å². The molecular weight excluding hydrogens is 344 g/mol. The van der Waals surface area contributed by atoms with Crippen molar-refractivity contribution in [3.05, 3.63) is 46.7 Å². The number of rotatable bonds is 4. The summed E-state index contributed by atoms with van der Waals surface area (Å²) in [6, 6.07) is 12.0. The number of thioether (sulfide) groups is 1. The maximum Gasteiger partial charge on any atom is 0.207 e. The second-order valence-corrected chi connectivity index (χ2v) is 7.50. The summed E-state index contributed by atoms with van der Waals surface area (Å²) in [5.41, 5.74) is 8.93. The van der Waals surface area contributed by atoms with Crippen LogP contribution in [-0.4, -0.2) is 17.1 Å². The van der Waals surface area contributed by atoms with Gasteiger partial charge in [0.15, 0.2) is 5.84 Å². The molecule has 3 aromatic rings. The van der Waals surface area contributed by atoms with Gasteiger partial charge >= 0.3 is 0 Å². The Kier molecular flexibility index (Phi) is 4.76. The zero-order valence-electron chi connectivity index (χ0n) is 12.2. The van der Waals surface area contributed by atoms with E-state index < -0.39 is 0 Å². The van der Waals surface area contributed by atoms with Crippen molar-refractivity contribution in [1.29, 1.82) is 5.26 Å². The predicted molar refractivity (Wildman–Crippen MR) is 99.0 cm³/mol. The minimum absolute atomic E-state index is 0.249. The minimum atomic E-state index is 0.249. The number of aromatic nitrogens is 1. The van der Waals surface area contributed by atoms with Crippen LogP contribution in [0.4, 0.5) is 0 Å². The van der Waals surface area contributed by atoms with E-state index in [0.29, 0.717) is 0 Å². The lowest BCUT2D eigenvalue weighted by atomic mass is 10.2. The van der Waals surface area contributed by atoms with Gasteiger partial charge in [-0.1, -0.05) is 30.3 Å². The number of hydrogen-bond acceptors (Lipinski definition) is 6. The topological polar surface area (TPSA) is 75.1 Å². The van der Waals surface area contributed by atoms with Crippen molar-refractivity contribution in [3.8, 4) is 28.0 Å². The van der Waals surface area contributed by atoms with Gasteiger partial charge < -0.3 is 5.73 Å². The van der Waals surface area contributed by atoms with Gasteiger partial charge in [0, 0.05) is 16.5 Å². The van der Waals surface area contributed by atoms with E-state index in [1.165, 1.54) is 11.3 Å². The highest BCUT2D eigenvalue weighted by Gasteiger charge is 2.16. The molecule has 2 aromatic heterocycles. The summed E-state index contributed by atoms with van der Waals surface area (Å²) in [6.45, 7) is 0. The molecule has 0 unspecified atom stereocenters. The number of benzene rings is 1. The standard InChI is InChI=1S/C16H12N4S3/c1-21-16-11(7-13(23-16)14(18)19-9-17)15-20-12(8-22-15)10-5-3-2-4-6-10/h2-8H,1H3,(H2,18,19). The fourth-order valence-corrected chi connectivity index (χ4v) is 4.80. The Hall–Kier alpha value is -2.14. The molecule has 0 atom stereocenters. The number of thiophene rings is 1. The summed E-state index contributed by atoms with van der Waals surface area (Å²) in [5, 5.41) is 11.6. The molecule has 7 heteroatoms. The zero-order chi connectivity index (χ0) is 16.2. The quantitative estimate of drug-likeness (QED) is 0.324. The molecule has 2 N–H and O–H groups in total. The third-order valence-corrected chi connectivity index (χ3v) is 6.28. The number of hydrogen-bond donors (Lipinski definition) is 1. The molecule has 114 valence electrons. The molecular formula is C16H12N4S3. The highest BCUT2D eigenvalue weighted by molar-refractivity contribution is 8.00. The van der Waals surface area contributed by atoms with Crippen molar-refractivity contribution >= 4 is 40.3 Å². The van der Waals surface area contributed by atoms with Gasteiger partial charge in [0.05, 0.1) is 14.8 Å². The molecule has 0 amide bonds. The van der Waals surface area contributed by atoms with Crippen LogP contribution in [0.5, 0.6) is 0 Å². The van der Waals surface area contributed by atoms with Gasteiger partial charge in [0.25, 0.3) is 0 Å². The van der Waals surface area contributed by atoms with Crippen LogP contribution in [0.25, 0.3) is 21.8 Å². The number of aliphatic imine (C=N–C) groups is 1. The first-order valence-corrected chi connectivity index (χ1v) is 9.56. The fourth-order valence-electron chi connectivity index (χ4n) is 2.05. The molecule has 0 aliphatic rings. The van der Waals surface area contributed by atoms with Crippen LogP contribution in [0.1, 0.15) is 4.88 Å². The lowest BCUT2D eigenvalue weighted by Gasteiger charge is -1.96. The van der Waals surface area contributed by atoms with Gasteiger partial charge in [-0.05, 0) is 12.3 Å². The third-order valence-electron chi connectivity index (χ3n) is 3.11. The van der Waals surface area contributed by atoms with Crippen molar-refractivity contribution in [3.63, 3.8) is 0 Å². The summed E-state index contributed by atoms with van der Waals surface area (Å²) >= 11 is 4.78. The largest absolute Gasteiger partial charge is 0.382 e. The second kappa shape index (κ2) is 6.96. The minimum Gasteiger partial charge on any atom is -0.382 e. The van der Waals surface area contributed by atoms with Crippen LogP contribution in [-0.2, 0) is 0 Å². The average Bonchev–Trinajstić information content (AvgIpc) is 3.22. The number of nitriles is 1. The molecule has 0 spiro atoms. The maximum atomic E-state index is 8.65. The molecule has 1 aromatic carbocycles. The van der Waals surface area contributed by atoms with Crippen LogP contribution in [0.2, 0.25) is 0 Å². The van der Waals surface area contributed by atoms with Crippen LogP contribution in [0, 0.1) is 11.5 Å². The first-order valence-electron chi connectivity index (χ1n) is 6.64. The lowest BCUT2D eigenvalue weighted by Crippen LogP contribution is -2.10. The summed E-state index contributed by atoms with van der Waals surface area (Å²) < 4.78 is 1.12. The molecule has 0 aliphatic carbocycles. The highest BCUT2D eigenvalue weighted by Crippen LogP contribution is 2.40. The first kappa shape index (κ1) is 15.7. The smallest absolute Gasteiger partial charge is 0.207 e. The zero-order valence-corrected chi connectivity index (χ0v) is 14.6. The summed E-state index contributed by atoms with van der Waals surface area (Å²) in [5.74, 6) is 0.249. The van der Waals surface area contributed by atoms with E-state index in [2.05, 4.69) is 10.4 Å². The molecule has 0 saturated carbocycles. The lowest BCUT2D eigenvalue weighted by molar-refractivity contribution is 1.39. The van der Waals surface area contributed by atoms with E-state index in [4.69, 9.17) is 16.0 Å². The van der Waals surface area contributed by atoms with Gasteiger partial charge in [-0.2, -0.15) is 10.3 Å². The number of thiazole rings is 1. The van der Waals surface area contributed by atoms with Gasteiger partial charge in [-0.15, -0.1) is 34.4 Å². The predicted octanol–water partition coefficient (Wildman–Crippen LogP) is 4.45. The Morgan fingerprint density at radius 3 is 2.83 bits per heavy atom. The third kappa shape index (κ3) is 3.29. The molecule has 0 saturated heterocycles. The average molecular weight is 357 g/mol. The number of nitrogens with zero attached hydrogens (tertiary/aromatic N) is 3. The van der Waals surface area contributed by atoms with E-state index in [9.17, 15) is 0 Å². The van der Waals surface area contributed by atoms with Gasteiger partial charge in [-0.3, -0.25) is 0 Å². The summed E-state index contributed by atoms with van der Waals surface area (Å²) in [4.78, 5) is 9.15. The fraction of sp³-hybridized carbons (Fsp3) is 0.0625. The van der Waals surface area contributed by atoms with Gasteiger partial charge in [0.1, 0.15) is 5.01 Å². The van der Waals surface area contributed by atoms with Crippen LogP contribution >= 0.6 is 34.4 Å². The Morgan fingerprint density at radius 1 is 1.35 bits per heavy atom. The molecule has 4 nitrogen and oxygen atoms in total. The van der Waals surface area contributed by atoms with E-state index in [-0.39, 0.29) is 5.84 Å². The molecule has 0 fully saturated rings. The summed E-state index contributed by atoms with van der Waals surface area (Å²) in [6.07, 6.45) is 3.74. The summed E-state index contributed by atoms with van der Waals surface area (Å²) in [7, 11) is 0. The van der Waals surface area contributed by atoms with Crippen LogP contribution < -0.4 is 5.73 Å². The maximum absolute atomic E-state index is 8.65. The normalized spacial score (nSPS) is 11.4. The van der Waals surface area contributed by atoms with Crippen molar-refractivity contribution in [1.82, 2.24) is 4.98 Å².